The van der Waals surface area contributed by atoms with Crippen LogP contribution >= 0.6 is 0 Å². The minimum absolute atomic E-state index is 0.191. The summed E-state index contributed by atoms with van der Waals surface area (Å²) < 4.78 is 5.38. The van der Waals surface area contributed by atoms with Crippen molar-refractivity contribution < 1.29 is 24.9 Å². The molecule has 1 fully saturated rings. The van der Waals surface area contributed by atoms with Gasteiger partial charge in [0.15, 0.2) is 0 Å². The highest BCUT2D eigenvalue weighted by Crippen LogP contribution is 2.39. The normalized spacial score (nSPS) is 19.0. The first-order chi connectivity index (χ1) is 10.2. The van der Waals surface area contributed by atoms with Crippen LogP contribution in [0, 0.1) is 0 Å². The van der Waals surface area contributed by atoms with Gasteiger partial charge in [-0.2, -0.15) is 0 Å². The lowest BCUT2D eigenvalue weighted by atomic mass is 10.0. The molecular weight excluding hydrogens is 288 g/mol. The van der Waals surface area contributed by atoms with E-state index in [9.17, 15) is 20.1 Å². The van der Waals surface area contributed by atoms with Crippen LogP contribution in [0.4, 0.5) is 4.79 Å². The second-order valence-corrected chi connectivity index (χ2v) is 6.29. The van der Waals surface area contributed by atoms with E-state index in [1.165, 1.54) is 4.90 Å². The lowest BCUT2D eigenvalue weighted by Gasteiger charge is -2.37. The zero-order valence-electron chi connectivity index (χ0n) is 13.0. The van der Waals surface area contributed by atoms with Crippen LogP contribution in [-0.4, -0.2) is 51.5 Å². The Hall–Kier alpha value is -2.15. The van der Waals surface area contributed by atoms with E-state index in [1.807, 2.05) is 0 Å². The van der Waals surface area contributed by atoms with Crippen molar-refractivity contribution in [1.29, 1.82) is 0 Å². The summed E-state index contributed by atoms with van der Waals surface area (Å²) in [5.41, 5.74) is -0.443. The van der Waals surface area contributed by atoms with Gasteiger partial charge in [0.1, 0.15) is 22.8 Å². The summed E-state index contributed by atoms with van der Waals surface area (Å²) >= 11 is 0. The number of piperazine rings is 1. The molecule has 0 aromatic heterocycles. The molecule has 0 aliphatic carbocycles. The Bertz CT molecular complexity index is 545. The number of carbonyl (C=O) groups is 1. The Morgan fingerprint density at radius 2 is 1.86 bits per heavy atom. The minimum atomic E-state index is -0.633. The van der Waals surface area contributed by atoms with Crippen LogP contribution < -0.4 is 5.32 Å². The Morgan fingerprint density at radius 3 is 2.41 bits per heavy atom. The highest BCUT2D eigenvalue weighted by molar-refractivity contribution is 5.70. The van der Waals surface area contributed by atoms with Crippen molar-refractivity contribution in [2.45, 2.75) is 32.4 Å². The maximum atomic E-state index is 12.4. The molecule has 0 bridgehead atoms. The van der Waals surface area contributed by atoms with E-state index in [-0.39, 0.29) is 22.8 Å². The molecule has 1 heterocycles. The highest BCUT2D eigenvalue weighted by Gasteiger charge is 2.34. The zero-order chi connectivity index (χ0) is 16.5. The molecule has 1 aromatic rings. The van der Waals surface area contributed by atoms with Gasteiger partial charge < -0.3 is 25.4 Å². The van der Waals surface area contributed by atoms with Gasteiger partial charge in [-0.15, -0.1) is 0 Å². The molecule has 1 aromatic carbocycles. The molecule has 1 unspecified atom stereocenters. The number of nitrogens with one attached hydrogen (secondary N) is 1. The van der Waals surface area contributed by atoms with Crippen LogP contribution in [0.1, 0.15) is 32.4 Å². The van der Waals surface area contributed by atoms with Crippen molar-refractivity contribution in [3.05, 3.63) is 17.7 Å². The highest BCUT2D eigenvalue weighted by atomic mass is 16.6. The van der Waals surface area contributed by atoms with Gasteiger partial charge in [0.05, 0.1) is 11.6 Å². The Kier molecular flexibility index (Phi) is 4.37. The molecule has 7 nitrogen and oxygen atoms in total. The largest absolute Gasteiger partial charge is 0.508 e. The summed E-state index contributed by atoms with van der Waals surface area (Å²) in [7, 11) is 0. The predicted molar refractivity (Wildman–Crippen MR) is 80.0 cm³/mol. The van der Waals surface area contributed by atoms with Crippen LogP contribution in [-0.2, 0) is 4.74 Å². The number of rotatable bonds is 1. The number of phenolic OH excluding ortho intramolecular Hbond substituents is 3. The number of aromatic hydroxyl groups is 3. The smallest absolute Gasteiger partial charge is 0.410 e. The maximum absolute atomic E-state index is 12.4. The number of nitrogens with zero attached hydrogens (tertiary/aromatic N) is 1. The van der Waals surface area contributed by atoms with Crippen LogP contribution in [0.3, 0.4) is 0 Å². The summed E-state index contributed by atoms with van der Waals surface area (Å²) in [6.07, 6.45) is -0.508. The van der Waals surface area contributed by atoms with Gasteiger partial charge in [0.2, 0.25) is 0 Å². The zero-order valence-corrected chi connectivity index (χ0v) is 13.0. The van der Waals surface area contributed by atoms with E-state index < -0.39 is 17.7 Å². The summed E-state index contributed by atoms with van der Waals surface area (Å²) in [5, 5.41) is 32.6. The predicted octanol–water partition coefficient (Wildman–Crippen LogP) is 1.68. The van der Waals surface area contributed by atoms with Gasteiger partial charge >= 0.3 is 6.09 Å². The monoisotopic (exact) mass is 310 g/mol. The van der Waals surface area contributed by atoms with E-state index >= 15 is 0 Å². The Labute approximate surface area is 129 Å². The first-order valence-electron chi connectivity index (χ1n) is 7.14. The average Bonchev–Trinajstić information content (AvgIpc) is 2.36. The first-order valence-corrected chi connectivity index (χ1v) is 7.14. The summed E-state index contributed by atoms with van der Waals surface area (Å²) in [4.78, 5) is 13.8. The molecule has 122 valence electrons. The van der Waals surface area contributed by atoms with Gasteiger partial charge in [-0.25, -0.2) is 4.79 Å². The van der Waals surface area contributed by atoms with Crippen molar-refractivity contribution >= 4 is 6.09 Å². The van der Waals surface area contributed by atoms with Crippen LogP contribution in [0.25, 0.3) is 0 Å². The molecular formula is C15H22N2O5. The lowest BCUT2D eigenvalue weighted by Crippen LogP contribution is -2.50. The Morgan fingerprint density at radius 1 is 1.27 bits per heavy atom. The standard InChI is InChI=1S/C15H22N2O5/c1-15(2,3)22-14(21)17-5-4-16-8-10(17)13-11(19)6-9(18)7-12(13)20/h6-7,10,16,18-20H,4-5,8H2,1-3H3. The number of ether oxygens (including phenoxy) is 1. The SMILES string of the molecule is CC(C)(C)OC(=O)N1CCNCC1c1c(O)cc(O)cc1O. The number of amides is 1. The minimum Gasteiger partial charge on any atom is -0.508 e. The van der Waals surface area contributed by atoms with E-state index in [2.05, 4.69) is 5.32 Å². The molecule has 0 saturated carbocycles. The van der Waals surface area contributed by atoms with Gasteiger partial charge in [-0.05, 0) is 20.8 Å². The molecule has 2 rings (SSSR count). The van der Waals surface area contributed by atoms with Crippen LogP contribution in [0.2, 0.25) is 0 Å². The fourth-order valence-electron chi connectivity index (χ4n) is 2.45. The third-order valence-electron chi connectivity index (χ3n) is 3.33. The third-order valence-corrected chi connectivity index (χ3v) is 3.33. The molecule has 1 aliphatic rings. The Balaban J connectivity index is 2.33. The first kappa shape index (κ1) is 16.2. The van der Waals surface area contributed by atoms with Crippen molar-refractivity contribution in [3.8, 4) is 17.2 Å². The molecule has 1 amide bonds. The molecule has 7 heteroatoms. The van der Waals surface area contributed by atoms with Crippen LogP contribution in [0.15, 0.2) is 12.1 Å². The van der Waals surface area contributed by atoms with E-state index in [0.717, 1.165) is 12.1 Å². The van der Waals surface area contributed by atoms with Crippen LogP contribution in [0.5, 0.6) is 17.2 Å². The number of hydrogen-bond donors (Lipinski definition) is 4. The third kappa shape index (κ3) is 3.54. The summed E-state index contributed by atoms with van der Waals surface area (Å²) in [5.74, 6) is -0.772. The fourth-order valence-corrected chi connectivity index (χ4v) is 2.45. The lowest BCUT2D eigenvalue weighted by molar-refractivity contribution is 0.0114. The van der Waals surface area contributed by atoms with E-state index in [0.29, 0.717) is 19.6 Å². The summed E-state index contributed by atoms with van der Waals surface area (Å²) in [6, 6.07) is 1.69. The topological polar surface area (TPSA) is 102 Å². The van der Waals surface area contributed by atoms with E-state index in [1.54, 1.807) is 20.8 Å². The van der Waals surface area contributed by atoms with Gasteiger partial charge in [0.25, 0.3) is 0 Å². The fraction of sp³-hybridized carbons (Fsp3) is 0.533. The molecule has 0 radical (unpaired) electrons. The van der Waals surface area contributed by atoms with E-state index in [4.69, 9.17) is 4.74 Å². The van der Waals surface area contributed by atoms with Gasteiger partial charge in [-0.1, -0.05) is 0 Å². The quantitative estimate of drug-likeness (QED) is 0.629. The molecule has 1 saturated heterocycles. The molecule has 4 N–H and O–H groups in total. The molecule has 22 heavy (non-hydrogen) atoms. The van der Waals surface area contributed by atoms with Crippen molar-refractivity contribution in [1.82, 2.24) is 10.2 Å². The number of hydrogen-bond acceptors (Lipinski definition) is 6. The van der Waals surface area contributed by atoms with Crippen molar-refractivity contribution in [2.75, 3.05) is 19.6 Å². The number of phenols is 3. The number of benzene rings is 1. The maximum Gasteiger partial charge on any atom is 0.410 e. The van der Waals surface area contributed by atoms with Gasteiger partial charge in [0, 0.05) is 31.8 Å². The molecule has 0 spiro atoms. The van der Waals surface area contributed by atoms with Crippen molar-refractivity contribution in [3.63, 3.8) is 0 Å². The average molecular weight is 310 g/mol. The summed E-state index contributed by atoms with van der Waals surface area (Å²) in [6.45, 7) is 6.67. The molecule has 1 aliphatic heterocycles. The number of carbonyl (C=O) groups excluding carboxylic acids is 1. The van der Waals surface area contributed by atoms with Gasteiger partial charge in [-0.3, -0.25) is 4.90 Å². The second-order valence-electron chi connectivity index (χ2n) is 6.29. The van der Waals surface area contributed by atoms with Crippen molar-refractivity contribution in [2.24, 2.45) is 0 Å². The second kappa shape index (κ2) is 5.92. The molecule has 1 atom stereocenters.